The van der Waals surface area contributed by atoms with Crippen LogP contribution in [0.3, 0.4) is 0 Å². The van der Waals surface area contributed by atoms with Crippen LogP contribution in [-0.2, 0) is 14.3 Å². The minimum absolute atomic E-state index is 0.108. The maximum atomic E-state index is 12.7. The lowest BCUT2D eigenvalue weighted by atomic mass is 10.4. The van der Waals surface area contributed by atoms with Crippen molar-refractivity contribution < 1.29 is 34.6 Å². The minimum atomic E-state index is -5.83. The van der Waals surface area contributed by atoms with E-state index in [1.165, 1.54) is 0 Å². The van der Waals surface area contributed by atoms with E-state index < -0.39 is 34.6 Å². The highest BCUT2D eigenvalue weighted by Gasteiger charge is 2.66. The van der Waals surface area contributed by atoms with Gasteiger partial charge in [0, 0.05) is 0 Å². The Hall–Kier alpha value is -0.440. The van der Waals surface area contributed by atoms with Gasteiger partial charge in [0.05, 0.1) is 6.61 Å². The zero-order valence-electron chi connectivity index (χ0n) is 8.35. The van der Waals surface area contributed by atoms with Crippen LogP contribution in [0, 0.1) is 0 Å². The first-order valence-corrected chi connectivity index (χ1v) is 5.73. The van der Waals surface area contributed by atoms with Gasteiger partial charge < -0.3 is 0 Å². The predicted octanol–water partition coefficient (Wildman–Crippen LogP) is 2.33. The van der Waals surface area contributed by atoms with Crippen molar-refractivity contribution in [3.8, 4) is 0 Å². The number of hydrogen-bond donors (Lipinski definition) is 0. The first-order valence-electron chi connectivity index (χ1n) is 4.33. The zero-order valence-corrected chi connectivity index (χ0v) is 9.17. The van der Waals surface area contributed by atoms with Crippen LogP contribution in [0.5, 0.6) is 0 Å². The van der Waals surface area contributed by atoms with Gasteiger partial charge in [0.1, 0.15) is 0 Å². The van der Waals surface area contributed by atoms with Crippen molar-refractivity contribution in [3.05, 3.63) is 0 Å². The largest absolute Gasteiger partial charge is 0.434 e. The quantitative estimate of drug-likeness (QED) is 0.405. The lowest BCUT2D eigenvalue weighted by molar-refractivity contribution is -0.169. The highest BCUT2D eigenvalue weighted by molar-refractivity contribution is 7.87. The Morgan fingerprint density at radius 3 is 2.06 bits per heavy atom. The number of halogens is 5. The van der Waals surface area contributed by atoms with Gasteiger partial charge in [0.25, 0.3) is 0 Å². The molecule has 0 aromatic heterocycles. The topological polar surface area (TPSA) is 43.4 Å². The van der Waals surface area contributed by atoms with Gasteiger partial charge in [-0.3, -0.25) is 4.18 Å². The van der Waals surface area contributed by atoms with Crippen molar-refractivity contribution >= 4 is 10.1 Å². The van der Waals surface area contributed by atoms with E-state index >= 15 is 0 Å². The van der Waals surface area contributed by atoms with Gasteiger partial charge in [-0.15, -0.1) is 0 Å². The number of rotatable bonds is 7. The SMILES string of the molecule is CCCCOS(=O)(=O)C(F)(F)C(F)(F)CF. The van der Waals surface area contributed by atoms with Gasteiger partial charge in [-0.25, -0.2) is 4.39 Å². The van der Waals surface area contributed by atoms with E-state index in [1.807, 2.05) is 0 Å². The average Bonchev–Trinajstić information content (AvgIpc) is 2.17. The molecule has 16 heavy (non-hydrogen) atoms. The molecular formula is C7H11F5O3S. The molecule has 0 saturated carbocycles. The lowest BCUT2D eigenvalue weighted by Gasteiger charge is -2.23. The molecule has 0 amide bonds. The minimum Gasteiger partial charge on any atom is -0.265 e. The summed E-state index contributed by atoms with van der Waals surface area (Å²) in [5.41, 5.74) is 0. The molecule has 0 fully saturated rings. The standard InChI is InChI=1S/C7H11F5O3S/c1-2-3-4-15-16(13,14)7(11,12)6(9,10)5-8/h2-5H2,1H3. The molecule has 0 spiro atoms. The van der Waals surface area contributed by atoms with E-state index in [0.717, 1.165) is 0 Å². The van der Waals surface area contributed by atoms with Crippen LogP contribution >= 0.6 is 0 Å². The molecule has 0 aromatic carbocycles. The van der Waals surface area contributed by atoms with E-state index in [1.54, 1.807) is 6.92 Å². The van der Waals surface area contributed by atoms with Crippen LogP contribution in [-0.4, -0.2) is 32.9 Å². The van der Waals surface area contributed by atoms with Crippen LogP contribution in [0.2, 0.25) is 0 Å². The van der Waals surface area contributed by atoms with E-state index in [9.17, 15) is 30.4 Å². The Balaban J connectivity index is 4.86. The summed E-state index contributed by atoms with van der Waals surface area (Å²) in [7, 11) is -5.83. The fourth-order valence-electron chi connectivity index (χ4n) is 0.648. The number of unbranched alkanes of at least 4 members (excludes halogenated alkanes) is 1. The summed E-state index contributed by atoms with van der Waals surface area (Å²) in [4.78, 5) is 0. The lowest BCUT2D eigenvalue weighted by Crippen LogP contribution is -2.49. The molecule has 0 aliphatic rings. The molecule has 0 saturated heterocycles. The molecular weight excluding hydrogens is 259 g/mol. The Labute approximate surface area is 89.7 Å². The van der Waals surface area contributed by atoms with Crippen LogP contribution in [0.25, 0.3) is 0 Å². The van der Waals surface area contributed by atoms with Crippen molar-refractivity contribution in [2.24, 2.45) is 0 Å². The Kier molecular flexibility index (Phi) is 5.12. The van der Waals surface area contributed by atoms with Crippen molar-refractivity contribution in [3.63, 3.8) is 0 Å². The maximum absolute atomic E-state index is 12.7. The third-order valence-electron chi connectivity index (χ3n) is 1.64. The van der Waals surface area contributed by atoms with E-state index in [4.69, 9.17) is 0 Å². The van der Waals surface area contributed by atoms with Crippen molar-refractivity contribution in [1.82, 2.24) is 0 Å². The highest BCUT2D eigenvalue weighted by atomic mass is 32.2. The first-order chi connectivity index (χ1) is 7.12. The summed E-state index contributed by atoms with van der Waals surface area (Å²) in [5.74, 6) is -5.29. The number of alkyl halides is 5. The summed E-state index contributed by atoms with van der Waals surface area (Å²) in [6, 6.07) is 0. The van der Waals surface area contributed by atoms with Crippen LogP contribution in [0.15, 0.2) is 0 Å². The molecule has 0 aromatic rings. The normalized spacial score (nSPS) is 14.1. The summed E-state index contributed by atoms with van der Waals surface area (Å²) >= 11 is 0. The Morgan fingerprint density at radius 1 is 1.19 bits per heavy atom. The molecule has 9 heteroatoms. The molecule has 3 nitrogen and oxygen atoms in total. The van der Waals surface area contributed by atoms with Gasteiger partial charge in [0.2, 0.25) is 0 Å². The van der Waals surface area contributed by atoms with E-state index in [0.29, 0.717) is 6.42 Å². The van der Waals surface area contributed by atoms with Crippen molar-refractivity contribution in [2.75, 3.05) is 13.3 Å². The molecule has 0 unspecified atom stereocenters. The molecule has 0 rings (SSSR count). The predicted molar refractivity (Wildman–Crippen MR) is 45.6 cm³/mol. The molecule has 0 N–H and O–H groups in total. The average molecular weight is 270 g/mol. The van der Waals surface area contributed by atoms with Gasteiger partial charge in [-0.1, -0.05) is 13.3 Å². The molecule has 0 radical (unpaired) electrons. The fourth-order valence-corrected chi connectivity index (χ4v) is 1.55. The molecule has 0 bridgehead atoms. The summed E-state index contributed by atoms with van der Waals surface area (Å²) in [6.45, 7) is -1.81. The second kappa shape index (κ2) is 5.26. The van der Waals surface area contributed by atoms with Crippen LogP contribution in [0.4, 0.5) is 22.0 Å². The van der Waals surface area contributed by atoms with Crippen LogP contribution in [0.1, 0.15) is 19.8 Å². The monoisotopic (exact) mass is 270 g/mol. The first kappa shape index (κ1) is 15.6. The van der Waals surface area contributed by atoms with E-state index in [2.05, 4.69) is 4.18 Å². The Bertz CT molecular complexity index is 314. The van der Waals surface area contributed by atoms with Crippen molar-refractivity contribution in [2.45, 2.75) is 30.9 Å². The van der Waals surface area contributed by atoms with Gasteiger partial charge in [-0.05, 0) is 6.42 Å². The fraction of sp³-hybridized carbons (Fsp3) is 1.00. The number of hydrogen-bond acceptors (Lipinski definition) is 3. The second-order valence-electron chi connectivity index (χ2n) is 2.98. The summed E-state index contributed by atoms with van der Waals surface area (Å²) < 4.78 is 86.9. The highest BCUT2D eigenvalue weighted by Crippen LogP contribution is 2.39. The smallest absolute Gasteiger partial charge is 0.265 e. The third kappa shape index (κ3) is 3.03. The van der Waals surface area contributed by atoms with Gasteiger partial charge in [0.15, 0.2) is 6.67 Å². The summed E-state index contributed by atoms with van der Waals surface area (Å²) in [5, 5.41) is -5.57. The van der Waals surface area contributed by atoms with Crippen LogP contribution < -0.4 is 0 Å². The van der Waals surface area contributed by atoms with Crippen molar-refractivity contribution in [1.29, 1.82) is 0 Å². The Morgan fingerprint density at radius 2 is 1.69 bits per heavy atom. The maximum Gasteiger partial charge on any atom is 0.434 e. The molecule has 0 aliphatic heterocycles. The van der Waals surface area contributed by atoms with Gasteiger partial charge >= 0.3 is 21.3 Å². The van der Waals surface area contributed by atoms with E-state index in [-0.39, 0.29) is 6.42 Å². The summed E-state index contributed by atoms with van der Waals surface area (Å²) in [6.07, 6.45) is 0.539. The molecule has 0 atom stereocenters. The van der Waals surface area contributed by atoms with Gasteiger partial charge in [-0.2, -0.15) is 26.0 Å². The molecule has 98 valence electrons. The zero-order chi connectivity index (χ0) is 13.0. The molecule has 0 aliphatic carbocycles. The second-order valence-corrected chi connectivity index (χ2v) is 4.64. The third-order valence-corrected chi connectivity index (χ3v) is 3.05. The molecule has 0 heterocycles.